The van der Waals surface area contributed by atoms with Gasteiger partial charge in [-0.1, -0.05) is 61.1 Å². The number of hydrogen-bond acceptors (Lipinski definition) is 1. The summed E-state index contributed by atoms with van der Waals surface area (Å²) < 4.78 is 1.81. The summed E-state index contributed by atoms with van der Waals surface area (Å²) in [5.74, 6) is 0. The molecule has 0 spiro atoms. The summed E-state index contributed by atoms with van der Waals surface area (Å²) >= 11 is 21.0. The highest BCUT2D eigenvalue weighted by atomic mass is 79.9. The molecule has 0 radical (unpaired) electrons. The average Bonchev–Trinajstić information content (AvgIpc) is 2.58. The van der Waals surface area contributed by atoms with Crippen molar-refractivity contribution in [3.8, 4) is 0 Å². The third kappa shape index (κ3) is 3.07. The zero-order valence-electron chi connectivity index (χ0n) is 8.81. The van der Waals surface area contributed by atoms with Gasteiger partial charge in [-0.25, -0.2) is 0 Å². The molecule has 2 aromatic rings. The minimum absolute atomic E-state index is 0.0827. The third-order valence-corrected chi connectivity index (χ3v) is 6.09. The van der Waals surface area contributed by atoms with Gasteiger partial charge in [-0.3, -0.25) is 0 Å². The standard InChI is InChI=1S/C12H8Br2Cl2S/c1-6-4-10(17-12(6)16)11(14)8-3-2-7(13)5-9(8)15/h2-5,11H,1H3. The Morgan fingerprint density at radius 3 is 2.47 bits per heavy atom. The Kier molecular flexibility index (Phi) is 4.59. The summed E-state index contributed by atoms with van der Waals surface area (Å²) in [6.45, 7) is 2.01. The summed E-state index contributed by atoms with van der Waals surface area (Å²) in [7, 11) is 0. The first-order chi connectivity index (χ1) is 7.99. The van der Waals surface area contributed by atoms with E-state index in [0.717, 1.165) is 29.8 Å². The Bertz CT molecular complexity index is 532. The lowest BCUT2D eigenvalue weighted by Gasteiger charge is -2.10. The maximum absolute atomic E-state index is 6.23. The molecule has 0 saturated heterocycles. The molecule has 0 aliphatic heterocycles. The van der Waals surface area contributed by atoms with Gasteiger partial charge in [0, 0.05) is 14.4 Å². The molecule has 0 saturated carbocycles. The van der Waals surface area contributed by atoms with Gasteiger partial charge in [-0.05, 0) is 36.2 Å². The van der Waals surface area contributed by atoms with Gasteiger partial charge in [0.25, 0.3) is 0 Å². The largest absolute Gasteiger partial charge is 0.127 e. The monoisotopic (exact) mass is 412 g/mol. The quantitative estimate of drug-likeness (QED) is 0.485. The Labute approximate surface area is 131 Å². The fourth-order valence-electron chi connectivity index (χ4n) is 1.47. The van der Waals surface area contributed by atoms with Crippen LogP contribution in [0, 0.1) is 6.92 Å². The van der Waals surface area contributed by atoms with Crippen molar-refractivity contribution < 1.29 is 0 Å². The van der Waals surface area contributed by atoms with Crippen molar-refractivity contribution in [3.05, 3.63) is 54.1 Å². The van der Waals surface area contributed by atoms with Crippen molar-refractivity contribution in [1.29, 1.82) is 0 Å². The molecule has 1 atom stereocenters. The van der Waals surface area contributed by atoms with Gasteiger partial charge in [-0.15, -0.1) is 11.3 Å². The smallest absolute Gasteiger partial charge is 0.0960 e. The fourth-order valence-corrected chi connectivity index (χ4v) is 4.41. The van der Waals surface area contributed by atoms with Crippen molar-refractivity contribution in [3.63, 3.8) is 0 Å². The maximum Gasteiger partial charge on any atom is 0.0960 e. The molecule has 0 N–H and O–H groups in total. The number of hydrogen-bond donors (Lipinski definition) is 0. The van der Waals surface area contributed by atoms with Crippen LogP contribution in [0.4, 0.5) is 0 Å². The summed E-state index contributed by atoms with van der Waals surface area (Å²) in [5, 5.41) is 0.739. The topological polar surface area (TPSA) is 0 Å². The lowest BCUT2D eigenvalue weighted by Crippen LogP contribution is -1.90. The number of benzene rings is 1. The van der Waals surface area contributed by atoms with Crippen LogP contribution in [0.15, 0.2) is 28.7 Å². The van der Waals surface area contributed by atoms with Crippen LogP contribution in [0.5, 0.6) is 0 Å². The van der Waals surface area contributed by atoms with E-state index in [0.29, 0.717) is 0 Å². The first-order valence-electron chi connectivity index (χ1n) is 4.84. The highest BCUT2D eigenvalue weighted by molar-refractivity contribution is 9.10. The molecular formula is C12H8Br2Cl2S. The predicted octanol–water partition coefficient (Wildman–Crippen LogP) is 6.61. The zero-order chi connectivity index (χ0) is 12.6. The maximum atomic E-state index is 6.23. The van der Waals surface area contributed by atoms with Gasteiger partial charge in [0.1, 0.15) is 0 Å². The second-order valence-electron chi connectivity index (χ2n) is 3.63. The normalized spacial score (nSPS) is 12.8. The minimum atomic E-state index is 0.0827. The number of alkyl halides is 1. The molecule has 17 heavy (non-hydrogen) atoms. The van der Waals surface area contributed by atoms with Crippen molar-refractivity contribution in [2.75, 3.05) is 0 Å². The first kappa shape index (κ1) is 13.9. The predicted molar refractivity (Wildman–Crippen MR) is 84.0 cm³/mol. The van der Waals surface area contributed by atoms with Crippen LogP contribution in [0.3, 0.4) is 0 Å². The van der Waals surface area contributed by atoms with Gasteiger partial charge >= 0.3 is 0 Å². The molecule has 0 amide bonds. The van der Waals surface area contributed by atoms with Crippen LogP contribution in [-0.4, -0.2) is 0 Å². The molecule has 0 aliphatic rings. The van der Waals surface area contributed by atoms with Gasteiger partial charge in [0.15, 0.2) is 0 Å². The van der Waals surface area contributed by atoms with E-state index in [9.17, 15) is 0 Å². The van der Waals surface area contributed by atoms with E-state index in [1.807, 2.05) is 25.1 Å². The van der Waals surface area contributed by atoms with Gasteiger partial charge < -0.3 is 0 Å². The highest BCUT2D eigenvalue weighted by Crippen LogP contribution is 2.41. The second kappa shape index (κ2) is 5.62. The fraction of sp³-hybridized carbons (Fsp3) is 0.167. The number of halogens is 4. The molecule has 0 aliphatic carbocycles. The van der Waals surface area contributed by atoms with Gasteiger partial charge in [0.2, 0.25) is 0 Å². The molecule has 1 aromatic carbocycles. The third-order valence-electron chi connectivity index (χ3n) is 2.36. The number of rotatable bonds is 2. The molecule has 0 nitrogen and oxygen atoms in total. The van der Waals surface area contributed by atoms with Crippen molar-refractivity contribution in [2.45, 2.75) is 11.8 Å². The summed E-state index contributed by atoms with van der Waals surface area (Å²) in [6.07, 6.45) is 0. The van der Waals surface area contributed by atoms with Gasteiger partial charge in [-0.2, -0.15) is 0 Å². The molecule has 1 aromatic heterocycles. The van der Waals surface area contributed by atoms with Crippen LogP contribution >= 0.6 is 66.4 Å². The minimum Gasteiger partial charge on any atom is -0.127 e. The van der Waals surface area contributed by atoms with Crippen molar-refractivity contribution in [2.24, 2.45) is 0 Å². The first-order valence-corrected chi connectivity index (χ1v) is 8.12. The van der Waals surface area contributed by atoms with E-state index in [2.05, 4.69) is 37.9 Å². The zero-order valence-corrected chi connectivity index (χ0v) is 14.3. The molecule has 1 unspecified atom stereocenters. The molecule has 1 heterocycles. The molecule has 0 fully saturated rings. The summed E-state index contributed by atoms with van der Waals surface area (Å²) in [4.78, 5) is 1.25. The van der Waals surface area contributed by atoms with E-state index in [4.69, 9.17) is 23.2 Å². The Morgan fingerprint density at radius 1 is 1.24 bits per heavy atom. The molecule has 2 rings (SSSR count). The van der Waals surface area contributed by atoms with Crippen LogP contribution in [-0.2, 0) is 0 Å². The van der Waals surface area contributed by atoms with E-state index in [1.54, 1.807) is 11.3 Å². The van der Waals surface area contributed by atoms with E-state index in [-0.39, 0.29) is 4.83 Å². The summed E-state index contributed by atoms with van der Waals surface area (Å²) in [5.41, 5.74) is 2.15. The van der Waals surface area contributed by atoms with Crippen LogP contribution < -0.4 is 0 Å². The van der Waals surface area contributed by atoms with Crippen molar-refractivity contribution >= 4 is 66.4 Å². The van der Waals surface area contributed by atoms with E-state index >= 15 is 0 Å². The molecular weight excluding hydrogens is 407 g/mol. The lowest BCUT2D eigenvalue weighted by atomic mass is 10.1. The SMILES string of the molecule is Cc1cc(C(Br)c2ccc(Br)cc2Cl)sc1Cl. The summed E-state index contributed by atoms with van der Waals surface area (Å²) in [6, 6.07) is 7.98. The second-order valence-corrected chi connectivity index (χ2v) is 7.56. The van der Waals surface area contributed by atoms with Crippen LogP contribution in [0.25, 0.3) is 0 Å². The Morgan fingerprint density at radius 2 is 1.94 bits per heavy atom. The Hall–Kier alpha value is 0.460. The van der Waals surface area contributed by atoms with E-state index < -0.39 is 0 Å². The molecule has 0 bridgehead atoms. The number of thiophene rings is 1. The highest BCUT2D eigenvalue weighted by Gasteiger charge is 2.17. The van der Waals surface area contributed by atoms with Crippen LogP contribution in [0.1, 0.15) is 20.8 Å². The molecule has 5 heteroatoms. The van der Waals surface area contributed by atoms with Crippen molar-refractivity contribution in [1.82, 2.24) is 0 Å². The average molecular weight is 415 g/mol. The van der Waals surface area contributed by atoms with E-state index in [1.165, 1.54) is 0 Å². The van der Waals surface area contributed by atoms with Gasteiger partial charge in [0.05, 0.1) is 9.16 Å². The lowest BCUT2D eigenvalue weighted by molar-refractivity contribution is 1.22. The number of aryl methyl sites for hydroxylation is 1. The molecule has 90 valence electrons. The Balaban J connectivity index is 2.39. The van der Waals surface area contributed by atoms with Crippen LogP contribution in [0.2, 0.25) is 9.36 Å².